The number of pyridine rings is 1. The molecule has 5 nitrogen and oxygen atoms in total. The number of fused-ring (bicyclic) bond motifs is 1. The highest BCUT2D eigenvalue weighted by molar-refractivity contribution is 7.91. The van der Waals surface area contributed by atoms with E-state index in [9.17, 15) is 8.42 Å². The van der Waals surface area contributed by atoms with Crippen molar-refractivity contribution in [3.8, 4) is 5.75 Å². The van der Waals surface area contributed by atoms with Crippen LogP contribution in [0.1, 0.15) is 23.9 Å². The van der Waals surface area contributed by atoms with Crippen LogP contribution in [0.15, 0.2) is 24.5 Å². The predicted molar refractivity (Wildman–Crippen MR) is 67.5 cm³/mol. The van der Waals surface area contributed by atoms with Crippen LogP contribution in [0.5, 0.6) is 5.75 Å². The Morgan fingerprint density at radius 3 is 3.00 bits per heavy atom. The molecule has 1 atom stereocenters. The zero-order valence-electron chi connectivity index (χ0n) is 10.0. The molecular weight excluding hydrogens is 252 g/mol. The standard InChI is InChI=1S/C12H14N2O3S/c1-17-10-4-5-14-9(7-10)8-13-12(14)11-3-2-6-18(11,15)16/h4-5,7-8,11H,2-3,6H2,1H3. The van der Waals surface area contributed by atoms with Crippen LogP contribution in [-0.2, 0) is 9.84 Å². The molecule has 0 aromatic carbocycles. The minimum atomic E-state index is -3.03. The molecule has 96 valence electrons. The largest absolute Gasteiger partial charge is 0.497 e. The summed E-state index contributed by atoms with van der Waals surface area (Å²) in [6.45, 7) is 0. The first-order chi connectivity index (χ1) is 8.62. The molecule has 1 unspecified atom stereocenters. The molecule has 0 spiro atoms. The van der Waals surface area contributed by atoms with Crippen molar-refractivity contribution in [3.63, 3.8) is 0 Å². The normalized spacial score (nSPS) is 22.4. The van der Waals surface area contributed by atoms with Gasteiger partial charge in [-0.25, -0.2) is 13.4 Å². The molecule has 0 saturated carbocycles. The third-order valence-electron chi connectivity index (χ3n) is 3.38. The summed E-state index contributed by atoms with van der Waals surface area (Å²) in [5.41, 5.74) is 0.853. The highest BCUT2D eigenvalue weighted by Gasteiger charge is 2.35. The molecule has 0 amide bonds. The fourth-order valence-corrected chi connectivity index (χ4v) is 4.32. The number of rotatable bonds is 2. The zero-order valence-corrected chi connectivity index (χ0v) is 10.9. The summed E-state index contributed by atoms with van der Waals surface area (Å²) < 4.78 is 30.9. The van der Waals surface area contributed by atoms with Crippen LogP contribution >= 0.6 is 0 Å². The van der Waals surface area contributed by atoms with E-state index >= 15 is 0 Å². The Morgan fingerprint density at radius 2 is 2.33 bits per heavy atom. The van der Waals surface area contributed by atoms with Crippen LogP contribution in [0.25, 0.3) is 5.52 Å². The minimum Gasteiger partial charge on any atom is -0.497 e. The summed E-state index contributed by atoms with van der Waals surface area (Å²) in [6.07, 6.45) is 4.88. The van der Waals surface area contributed by atoms with E-state index in [0.717, 1.165) is 17.7 Å². The molecule has 0 aliphatic carbocycles. The van der Waals surface area contributed by atoms with Gasteiger partial charge in [-0.1, -0.05) is 0 Å². The Labute approximate surface area is 105 Å². The fraction of sp³-hybridized carbons (Fsp3) is 0.417. The van der Waals surface area contributed by atoms with E-state index < -0.39 is 15.1 Å². The average Bonchev–Trinajstić information content (AvgIpc) is 2.90. The second-order valence-corrected chi connectivity index (χ2v) is 6.78. The lowest BCUT2D eigenvalue weighted by Gasteiger charge is -2.08. The van der Waals surface area contributed by atoms with E-state index in [4.69, 9.17) is 4.74 Å². The van der Waals surface area contributed by atoms with E-state index in [1.807, 2.05) is 16.7 Å². The van der Waals surface area contributed by atoms with Crippen molar-refractivity contribution in [2.45, 2.75) is 18.1 Å². The van der Waals surface area contributed by atoms with Gasteiger partial charge >= 0.3 is 0 Å². The lowest BCUT2D eigenvalue weighted by atomic mass is 10.2. The molecule has 0 N–H and O–H groups in total. The molecular formula is C12H14N2O3S. The second kappa shape index (κ2) is 3.98. The Morgan fingerprint density at radius 1 is 1.50 bits per heavy atom. The Kier molecular flexibility index (Phi) is 2.55. The van der Waals surface area contributed by atoms with Crippen LogP contribution in [0.4, 0.5) is 0 Å². The number of hydrogen-bond acceptors (Lipinski definition) is 4. The molecule has 1 aliphatic heterocycles. The van der Waals surface area contributed by atoms with E-state index in [-0.39, 0.29) is 5.75 Å². The third kappa shape index (κ3) is 1.68. The van der Waals surface area contributed by atoms with Crippen molar-refractivity contribution in [2.75, 3.05) is 12.9 Å². The van der Waals surface area contributed by atoms with E-state index in [1.54, 1.807) is 19.4 Å². The van der Waals surface area contributed by atoms with Crippen molar-refractivity contribution < 1.29 is 13.2 Å². The number of imidazole rings is 1. The third-order valence-corrected chi connectivity index (χ3v) is 5.56. The molecule has 2 aromatic heterocycles. The molecule has 0 bridgehead atoms. The van der Waals surface area contributed by atoms with Gasteiger partial charge in [0.2, 0.25) is 0 Å². The topological polar surface area (TPSA) is 60.7 Å². The van der Waals surface area contributed by atoms with Crippen LogP contribution in [0.2, 0.25) is 0 Å². The molecule has 1 aliphatic rings. The van der Waals surface area contributed by atoms with Gasteiger partial charge in [0.15, 0.2) is 9.84 Å². The van der Waals surface area contributed by atoms with Gasteiger partial charge in [0, 0.05) is 12.3 Å². The summed E-state index contributed by atoms with van der Waals surface area (Å²) in [4.78, 5) is 4.28. The number of nitrogens with zero attached hydrogens (tertiary/aromatic N) is 2. The highest BCUT2D eigenvalue weighted by atomic mass is 32.2. The monoisotopic (exact) mass is 266 g/mol. The number of sulfone groups is 1. The molecule has 18 heavy (non-hydrogen) atoms. The van der Waals surface area contributed by atoms with E-state index in [2.05, 4.69) is 4.98 Å². The number of methoxy groups -OCH3 is 1. The molecule has 3 rings (SSSR count). The van der Waals surface area contributed by atoms with E-state index in [1.165, 1.54) is 0 Å². The van der Waals surface area contributed by atoms with Gasteiger partial charge in [0.05, 0.1) is 24.6 Å². The van der Waals surface area contributed by atoms with Gasteiger partial charge in [-0.15, -0.1) is 0 Å². The quantitative estimate of drug-likeness (QED) is 0.828. The Bertz CT molecular complexity index is 690. The molecule has 2 aromatic rings. The molecule has 0 radical (unpaired) electrons. The second-order valence-electron chi connectivity index (χ2n) is 4.48. The number of hydrogen-bond donors (Lipinski definition) is 0. The first-order valence-electron chi connectivity index (χ1n) is 5.84. The smallest absolute Gasteiger partial charge is 0.160 e. The Balaban J connectivity index is 2.13. The first-order valence-corrected chi connectivity index (χ1v) is 7.56. The van der Waals surface area contributed by atoms with Gasteiger partial charge in [-0.3, -0.25) is 0 Å². The number of ether oxygens (including phenoxy) is 1. The van der Waals surface area contributed by atoms with Gasteiger partial charge in [-0.05, 0) is 18.9 Å². The molecule has 6 heteroatoms. The molecule has 1 fully saturated rings. The van der Waals surface area contributed by atoms with Crippen LogP contribution < -0.4 is 4.74 Å². The van der Waals surface area contributed by atoms with Crippen molar-refractivity contribution in [1.29, 1.82) is 0 Å². The summed E-state index contributed by atoms with van der Waals surface area (Å²) in [5.74, 6) is 1.62. The van der Waals surface area contributed by atoms with Crippen molar-refractivity contribution in [3.05, 3.63) is 30.4 Å². The van der Waals surface area contributed by atoms with Gasteiger partial charge in [0.25, 0.3) is 0 Å². The van der Waals surface area contributed by atoms with Crippen molar-refractivity contribution >= 4 is 15.4 Å². The lowest BCUT2D eigenvalue weighted by molar-refractivity contribution is 0.414. The van der Waals surface area contributed by atoms with Crippen LogP contribution in [-0.4, -0.2) is 30.7 Å². The first kappa shape index (κ1) is 11.5. The summed E-state index contributed by atoms with van der Waals surface area (Å²) in [5, 5.41) is -0.464. The average molecular weight is 266 g/mol. The maximum absolute atomic E-state index is 11.9. The summed E-state index contributed by atoms with van der Waals surface area (Å²) in [7, 11) is -1.43. The van der Waals surface area contributed by atoms with Gasteiger partial charge in [0.1, 0.15) is 16.8 Å². The molecule has 3 heterocycles. The van der Waals surface area contributed by atoms with E-state index in [0.29, 0.717) is 12.2 Å². The molecule has 1 saturated heterocycles. The maximum atomic E-state index is 11.9. The lowest BCUT2D eigenvalue weighted by Crippen LogP contribution is -2.11. The predicted octanol–water partition coefficient (Wildman–Crippen LogP) is 1.59. The van der Waals surface area contributed by atoms with Crippen molar-refractivity contribution in [1.82, 2.24) is 9.38 Å². The highest BCUT2D eigenvalue weighted by Crippen LogP contribution is 2.34. The Hall–Kier alpha value is -1.56. The van der Waals surface area contributed by atoms with Gasteiger partial charge in [-0.2, -0.15) is 0 Å². The van der Waals surface area contributed by atoms with Gasteiger partial charge < -0.3 is 9.14 Å². The zero-order chi connectivity index (χ0) is 12.8. The summed E-state index contributed by atoms with van der Waals surface area (Å²) in [6, 6.07) is 3.65. The number of aromatic nitrogens is 2. The maximum Gasteiger partial charge on any atom is 0.160 e. The SMILES string of the molecule is COc1ccn2c(C3CCCS3(=O)=O)ncc2c1. The van der Waals surface area contributed by atoms with Crippen molar-refractivity contribution in [2.24, 2.45) is 0 Å². The fourth-order valence-electron chi connectivity index (χ4n) is 2.45. The summed E-state index contributed by atoms with van der Waals surface area (Å²) >= 11 is 0. The van der Waals surface area contributed by atoms with Crippen LogP contribution in [0, 0.1) is 0 Å². The van der Waals surface area contributed by atoms with Crippen LogP contribution in [0.3, 0.4) is 0 Å². The minimum absolute atomic E-state index is 0.267.